The number of hydrogen-bond donors (Lipinski definition) is 0. The summed E-state index contributed by atoms with van der Waals surface area (Å²) >= 11 is 0. The average molecular weight is 350 g/mol. The lowest BCUT2D eigenvalue weighted by molar-refractivity contribution is 0.182. The van der Waals surface area contributed by atoms with Crippen molar-refractivity contribution in [2.24, 2.45) is 5.92 Å². The van der Waals surface area contributed by atoms with Crippen LogP contribution in [-0.4, -0.2) is 29.7 Å². The third-order valence-electron chi connectivity index (χ3n) is 6.09. The molecule has 0 saturated carbocycles. The van der Waals surface area contributed by atoms with E-state index in [1.165, 1.54) is 42.6 Å². The Balaban J connectivity index is 1.21. The molecule has 134 valence electrons. The van der Waals surface area contributed by atoms with E-state index < -0.39 is 0 Å². The molecule has 0 amide bonds. The molecule has 1 aromatic heterocycles. The van der Waals surface area contributed by atoms with Crippen molar-refractivity contribution in [1.29, 1.82) is 0 Å². The number of hydrogen-bond acceptors (Lipinski definition) is 3. The number of piperidine rings is 1. The first kappa shape index (κ1) is 16.0. The summed E-state index contributed by atoms with van der Waals surface area (Å²) in [5, 5.41) is 5.22. The first-order valence-corrected chi connectivity index (χ1v) is 9.60. The Labute approximate surface area is 152 Å². The topological polar surface area (TPSA) is 29.3 Å². The van der Waals surface area contributed by atoms with E-state index in [-0.39, 0.29) is 5.82 Å². The highest BCUT2D eigenvalue weighted by molar-refractivity contribution is 5.79. The number of benzene rings is 2. The van der Waals surface area contributed by atoms with Crippen LogP contribution in [0.5, 0.6) is 0 Å². The summed E-state index contributed by atoms with van der Waals surface area (Å²) in [7, 11) is 0. The van der Waals surface area contributed by atoms with Gasteiger partial charge in [-0.25, -0.2) is 4.39 Å². The molecule has 3 nitrogen and oxygen atoms in total. The highest BCUT2D eigenvalue weighted by Crippen LogP contribution is 2.34. The maximum absolute atomic E-state index is 13.3. The van der Waals surface area contributed by atoms with Crippen LogP contribution in [0.3, 0.4) is 0 Å². The minimum atomic E-state index is -0.271. The molecule has 1 fully saturated rings. The van der Waals surface area contributed by atoms with Crippen LogP contribution in [0.1, 0.15) is 35.6 Å². The average Bonchev–Trinajstić information content (AvgIpc) is 3.25. The molecule has 0 bridgehead atoms. The minimum Gasteiger partial charge on any atom is -0.356 e. The Morgan fingerprint density at radius 3 is 2.50 bits per heavy atom. The van der Waals surface area contributed by atoms with Gasteiger partial charge in [0.2, 0.25) is 0 Å². The Morgan fingerprint density at radius 2 is 1.77 bits per heavy atom. The Bertz CT molecular complexity index is 902. The van der Waals surface area contributed by atoms with Gasteiger partial charge >= 0.3 is 0 Å². The van der Waals surface area contributed by atoms with Crippen LogP contribution in [0.25, 0.3) is 11.0 Å². The molecule has 2 aromatic carbocycles. The van der Waals surface area contributed by atoms with E-state index in [1.807, 2.05) is 0 Å². The quantitative estimate of drug-likeness (QED) is 0.693. The van der Waals surface area contributed by atoms with Gasteiger partial charge in [-0.3, -0.25) is 0 Å². The van der Waals surface area contributed by atoms with E-state index in [1.54, 1.807) is 6.07 Å². The van der Waals surface area contributed by atoms with Gasteiger partial charge in [-0.2, -0.15) is 0 Å². The van der Waals surface area contributed by atoms with Gasteiger partial charge < -0.3 is 9.42 Å². The summed E-state index contributed by atoms with van der Waals surface area (Å²) in [6.45, 7) is 3.40. The summed E-state index contributed by atoms with van der Waals surface area (Å²) < 4.78 is 18.7. The zero-order chi connectivity index (χ0) is 17.5. The molecule has 0 unspecified atom stereocenters. The Morgan fingerprint density at radius 1 is 1.04 bits per heavy atom. The predicted molar refractivity (Wildman–Crippen MR) is 99.7 cm³/mol. The largest absolute Gasteiger partial charge is 0.356 e. The second-order valence-electron chi connectivity index (χ2n) is 7.83. The van der Waals surface area contributed by atoms with Crippen LogP contribution < -0.4 is 0 Å². The van der Waals surface area contributed by atoms with Gasteiger partial charge in [0.1, 0.15) is 5.82 Å². The molecule has 3 aromatic rings. The standard InChI is InChI=1S/C22H23FN2O/c23-19-5-6-20-21(13-19)26-24-22(20)16-7-9-25(10-8-16)14-15-11-17-3-1-2-4-18(17)12-15/h1-6,13,15-16H,7-12,14H2. The second-order valence-corrected chi connectivity index (χ2v) is 7.83. The van der Waals surface area contributed by atoms with Crippen LogP contribution in [-0.2, 0) is 12.8 Å². The first-order valence-electron chi connectivity index (χ1n) is 9.60. The van der Waals surface area contributed by atoms with Crippen molar-refractivity contribution in [3.05, 3.63) is 65.1 Å². The maximum atomic E-state index is 13.3. The molecule has 1 aliphatic carbocycles. The SMILES string of the molecule is Fc1ccc2c(C3CCN(CC4Cc5ccccc5C4)CC3)noc2c1. The fourth-order valence-electron chi connectivity index (χ4n) is 4.76. The van der Waals surface area contributed by atoms with E-state index in [0.29, 0.717) is 11.5 Å². The molecule has 1 saturated heterocycles. The molecule has 0 N–H and O–H groups in total. The minimum absolute atomic E-state index is 0.271. The van der Waals surface area contributed by atoms with Crippen molar-refractivity contribution < 1.29 is 8.91 Å². The summed E-state index contributed by atoms with van der Waals surface area (Å²) in [4.78, 5) is 2.61. The van der Waals surface area contributed by atoms with Crippen molar-refractivity contribution in [2.45, 2.75) is 31.6 Å². The van der Waals surface area contributed by atoms with Gasteiger partial charge in [0.15, 0.2) is 5.58 Å². The number of nitrogens with zero attached hydrogens (tertiary/aromatic N) is 2. The van der Waals surface area contributed by atoms with Crippen LogP contribution >= 0.6 is 0 Å². The molecule has 0 spiro atoms. The lowest BCUT2D eigenvalue weighted by Gasteiger charge is -2.32. The molecular formula is C22H23FN2O. The third kappa shape index (κ3) is 2.92. The fourth-order valence-corrected chi connectivity index (χ4v) is 4.76. The van der Waals surface area contributed by atoms with E-state index in [2.05, 4.69) is 34.3 Å². The van der Waals surface area contributed by atoms with Crippen molar-refractivity contribution in [2.75, 3.05) is 19.6 Å². The van der Waals surface area contributed by atoms with E-state index in [4.69, 9.17) is 4.52 Å². The molecule has 2 aliphatic rings. The van der Waals surface area contributed by atoms with Gasteiger partial charge in [-0.05, 0) is 68.0 Å². The molecule has 4 heteroatoms. The fraction of sp³-hybridized carbons (Fsp3) is 0.409. The van der Waals surface area contributed by atoms with Gasteiger partial charge in [0.25, 0.3) is 0 Å². The monoisotopic (exact) mass is 350 g/mol. The summed E-state index contributed by atoms with van der Waals surface area (Å²) in [6, 6.07) is 13.6. The van der Waals surface area contributed by atoms with E-state index >= 15 is 0 Å². The number of aromatic nitrogens is 1. The third-order valence-corrected chi connectivity index (χ3v) is 6.09. The van der Waals surface area contributed by atoms with E-state index in [9.17, 15) is 4.39 Å². The number of halogens is 1. The molecule has 0 atom stereocenters. The number of rotatable bonds is 3. The first-order chi connectivity index (χ1) is 12.8. The highest BCUT2D eigenvalue weighted by Gasteiger charge is 2.28. The van der Waals surface area contributed by atoms with Crippen molar-refractivity contribution in [3.63, 3.8) is 0 Å². The Kier molecular flexibility index (Phi) is 4.01. The van der Waals surface area contributed by atoms with Gasteiger partial charge in [0, 0.05) is 23.9 Å². The molecular weight excluding hydrogens is 327 g/mol. The van der Waals surface area contributed by atoms with Crippen molar-refractivity contribution in [1.82, 2.24) is 10.1 Å². The normalized spacial score (nSPS) is 19.3. The molecule has 2 heterocycles. The van der Waals surface area contributed by atoms with Crippen LogP contribution in [0.4, 0.5) is 4.39 Å². The van der Waals surface area contributed by atoms with Crippen molar-refractivity contribution >= 4 is 11.0 Å². The summed E-state index contributed by atoms with van der Waals surface area (Å²) in [6.07, 6.45) is 4.63. The number of fused-ring (bicyclic) bond motifs is 2. The molecule has 1 aliphatic heterocycles. The van der Waals surface area contributed by atoms with Crippen LogP contribution in [0.2, 0.25) is 0 Å². The van der Waals surface area contributed by atoms with Gasteiger partial charge in [-0.1, -0.05) is 29.4 Å². The zero-order valence-electron chi connectivity index (χ0n) is 14.8. The van der Waals surface area contributed by atoms with Gasteiger partial charge in [-0.15, -0.1) is 0 Å². The summed E-state index contributed by atoms with van der Waals surface area (Å²) in [5.74, 6) is 0.895. The Hall–Kier alpha value is -2.20. The van der Waals surface area contributed by atoms with Crippen LogP contribution in [0.15, 0.2) is 47.0 Å². The van der Waals surface area contributed by atoms with Crippen LogP contribution in [0, 0.1) is 11.7 Å². The smallest absolute Gasteiger partial charge is 0.170 e. The summed E-state index contributed by atoms with van der Waals surface area (Å²) in [5.41, 5.74) is 4.64. The number of likely N-dealkylation sites (tertiary alicyclic amines) is 1. The highest BCUT2D eigenvalue weighted by atomic mass is 19.1. The molecule has 26 heavy (non-hydrogen) atoms. The maximum Gasteiger partial charge on any atom is 0.170 e. The predicted octanol–water partition coefficient (Wildman–Crippen LogP) is 4.56. The molecule has 0 radical (unpaired) electrons. The van der Waals surface area contributed by atoms with Gasteiger partial charge in [0.05, 0.1) is 5.69 Å². The zero-order valence-corrected chi connectivity index (χ0v) is 14.8. The lowest BCUT2D eigenvalue weighted by Crippen LogP contribution is -2.36. The van der Waals surface area contributed by atoms with Crippen molar-refractivity contribution in [3.8, 4) is 0 Å². The molecule has 5 rings (SSSR count). The van der Waals surface area contributed by atoms with E-state index in [0.717, 1.165) is 42.9 Å². The lowest BCUT2D eigenvalue weighted by atomic mass is 9.91. The second kappa shape index (κ2) is 6.51.